The summed E-state index contributed by atoms with van der Waals surface area (Å²) >= 11 is 3.60. The Hall–Kier alpha value is -1.32. The molecule has 0 saturated carbocycles. The quantitative estimate of drug-likeness (QED) is 0.786. The molecule has 2 aromatic rings. The van der Waals surface area contributed by atoms with Crippen LogP contribution in [0.4, 0.5) is 0 Å². The number of halogens is 1. The van der Waals surface area contributed by atoms with Gasteiger partial charge < -0.3 is 10.1 Å². The molecule has 0 amide bonds. The van der Waals surface area contributed by atoms with Crippen molar-refractivity contribution >= 4 is 15.9 Å². The molecule has 3 heteroatoms. The second kappa shape index (κ2) is 7.10. The molecular formula is C18H22BrNO. The first-order chi connectivity index (χ1) is 9.94. The maximum atomic E-state index is 5.98. The van der Waals surface area contributed by atoms with Gasteiger partial charge in [-0.25, -0.2) is 0 Å². The van der Waals surface area contributed by atoms with Gasteiger partial charge in [0.05, 0.1) is 4.47 Å². The van der Waals surface area contributed by atoms with E-state index in [9.17, 15) is 0 Å². The molecule has 112 valence electrons. The molecule has 0 unspecified atom stereocenters. The van der Waals surface area contributed by atoms with Crippen LogP contribution in [0.5, 0.6) is 11.5 Å². The van der Waals surface area contributed by atoms with Crippen LogP contribution < -0.4 is 10.1 Å². The summed E-state index contributed by atoms with van der Waals surface area (Å²) in [5.74, 6) is 1.72. The average molecular weight is 348 g/mol. The van der Waals surface area contributed by atoms with Crippen molar-refractivity contribution in [1.29, 1.82) is 0 Å². The van der Waals surface area contributed by atoms with Gasteiger partial charge in [0, 0.05) is 12.6 Å². The highest BCUT2D eigenvalue weighted by Gasteiger charge is 2.06. The van der Waals surface area contributed by atoms with Crippen LogP contribution in [0.15, 0.2) is 40.9 Å². The number of nitrogens with one attached hydrogen (secondary N) is 1. The standard InChI is InChI=1S/C18H22BrNO/c1-12(2)20-11-15-5-6-18(17(19)10-15)21-16-8-13(3)7-14(4)9-16/h5-10,12,20H,11H2,1-4H3. The number of rotatable bonds is 5. The van der Waals surface area contributed by atoms with E-state index in [0.29, 0.717) is 6.04 Å². The number of hydrogen-bond acceptors (Lipinski definition) is 2. The van der Waals surface area contributed by atoms with E-state index in [0.717, 1.165) is 22.5 Å². The molecule has 0 radical (unpaired) electrons. The first kappa shape index (κ1) is 16.1. The Bertz CT molecular complexity index is 602. The second-order valence-electron chi connectivity index (χ2n) is 5.73. The van der Waals surface area contributed by atoms with E-state index in [1.165, 1.54) is 16.7 Å². The molecule has 0 saturated heterocycles. The van der Waals surface area contributed by atoms with Gasteiger partial charge in [-0.1, -0.05) is 26.0 Å². The Morgan fingerprint density at radius 1 is 1.05 bits per heavy atom. The van der Waals surface area contributed by atoms with Crippen LogP contribution in [0.25, 0.3) is 0 Å². The highest BCUT2D eigenvalue weighted by atomic mass is 79.9. The van der Waals surface area contributed by atoms with Gasteiger partial charge in [0.2, 0.25) is 0 Å². The largest absolute Gasteiger partial charge is 0.456 e. The molecular weight excluding hydrogens is 326 g/mol. The van der Waals surface area contributed by atoms with Crippen molar-refractivity contribution in [3.8, 4) is 11.5 Å². The first-order valence-electron chi connectivity index (χ1n) is 7.22. The minimum absolute atomic E-state index is 0.481. The van der Waals surface area contributed by atoms with Gasteiger partial charge in [0.25, 0.3) is 0 Å². The lowest BCUT2D eigenvalue weighted by molar-refractivity contribution is 0.478. The zero-order valence-electron chi connectivity index (χ0n) is 13.0. The summed E-state index contributed by atoms with van der Waals surface area (Å²) in [7, 11) is 0. The molecule has 1 N–H and O–H groups in total. The van der Waals surface area contributed by atoms with Gasteiger partial charge in [0.15, 0.2) is 0 Å². The van der Waals surface area contributed by atoms with Crippen LogP contribution in [0.3, 0.4) is 0 Å². The van der Waals surface area contributed by atoms with E-state index in [-0.39, 0.29) is 0 Å². The number of hydrogen-bond donors (Lipinski definition) is 1. The Kier molecular flexibility index (Phi) is 5.43. The summed E-state index contributed by atoms with van der Waals surface area (Å²) in [6, 6.07) is 12.9. The normalized spacial score (nSPS) is 11.0. The minimum Gasteiger partial charge on any atom is -0.456 e. The first-order valence-corrected chi connectivity index (χ1v) is 8.01. The maximum absolute atomic E-state index is 5.98. The third-order valence-electron chi connectivity index (χ3n) is 3.13. The van der Waals surface area contributed by atoms with Crippen LogP contribution >= 0.6 is 15.9 Å². The Morgan fingerprint density at radius 2 is 1.71 bits per heavy atom. The topological polar surface area (TPSA) is 21.3 Å². The van der Waals surface area contributed by atoms with Crippen molar-refractivity contribution in [3.63, 3.8) is 0 Å². The van der Waals surface area contributed by atoms with E-state index in [1.54, 1.807) is 0 Å². The predicted octanol–water partition coefficient (Wildman–Crippen LogP) is 5.36. The van der Waals surface area contributed by atoms with Crippen LogP contribution in [0.2, 0.25) is 0 Å². The molecule has 0 fully saturated rings. The molecule has 0 aliphatic heterocycles. The van der Waals surface area contributed by atoms with Crippen molar-refractivity contribution in [1.82, 2.24) is 5.32 Å². The van der Waals surface area contributed by atoms with E-state index in [2.05, 4.69) is 67.1 Å². The molecule has 0 aromatic heterocycles. The molecule has 0 aliphatic rings. The second-order valence-corrected chi connectivity index (χ2v) is 6.58. The summed E-state index contributed by atoms with van der Waals surface area (Å²) in [6.45, 7) is 9.31. The molecule has 2 nitrogen and oxygen atoms in total. The lowest BCUT2D eigenvalue weighted by Gasteiger charge is -2.12. The van der Waals surface area contributed by atoms with E-state index >= 15 is 0 Å². The summed E-state index contributed by atoms with van der Waals surface area (Å²) in [6.07, 6.45) is 0. The fraction of sp³-hybridized carbons (Fsp3) is 0.333. The van der Waals surface area contributed by atoms with Crippen molar-refractivity contribution in [2.45, 2.75) is 40.3 Å². The summed E-state index contributed by atoms with van der Waals surface area (Å²) in [4.78, 5) is 0. The monoisotopic (exact) mass is 347 g/mol. The number of aryl methyl sites for hydroxylation is 2. The molecule has 0 bridgehead atoms. The van der Waals surface area contributed by atoms with E-state index in [1.807, 2.05) is 18.2 Å². The lowest BCUT2D eigenvalue weighted by Crippen LogP contribution is -2.21. The third-order valence-corrected chi connectivity index (χ3v) is 3.75. The van der Waals surface area contributed by atoms with Crippen molar-refractivity contribution in [2.75, 3.05) is 0 Å². The fourth-order valence-electron chi connectivity index (χ4n) is 2.18. The molecule has 0 spiro atoms. The van der Waals surface area contributed by atoms with Crippen LogP contribution in [-0.4, -0.2) is 6.04 Å². The van der Waals surface area contributed by atoms with E-state index < -0.39 is 0 Å². The van der Waals surface area contributed by atoms with Crippen LogP contribution in [0, 0.1) is 13.8 Å². The van der Waals surface area contributed by atoms with Crippen molar-refractivity contribution < 1.29 is 4.74 Å². The molecule has 2 rings (SSSR count). The zero-order valence-corrected chi connectivity index (χ0v) is 14.6. The average Bonchev–Trinajstić information content (AvgIpc) is 2.38. The third kappa shape index (κ3) is 4.87. The van der Waals surface area contributed by atoms with Gasteiger partial charge in [-0.2, -0.15) is 0 Å². The summed E-state index contributed by atoms with van der Waals surface area (Å²) in [5.41, 5.74) is 3.65. The molecule has 21 heavy (non-hydrogen) atoms. The Labute approximate surface area is 135 Å². The molecule has 2 aromatic carbocycles. The Balaban J connectivity index is 2.13. The SMILES string of the molecule is Cc1cc(C)cc(Oc2ccc(CNC(C)C)cc2Br)c1. The van der Waals surface area contributed by atoms with Crippen LogP contribution in [0.1, 0.15) is 30.5 Å². The summed E-state index contributed by atoms with van der Waals surface area (Å²) in [5, 5.41) is 3.41. The summed E-state index contributed by atoms with van der Waals surface area (Å²) < 4.78 is 6.96. The zero-order chi connectivity index (χ0) is 15.4. The molecule has 0 aliphatic carbocycles. The van der Waals surface area contributed by atoms with Crippen LogP contribution in [-0.2, 0) is 6.54 Å². The molecule has 0 atom stereocenters. The minimum atomic E-state index is 0.481. The lowest BCUT2D eigenvalue weighted by atomic mass is 10.1. The van der Waals surface area contributed by atoms with Gasteiger partial charge in [-0.05, 0) is 70.7 Å². The number of benzene rings is 2. The predicted molar refractivity (Wildman–Crippen MR) is 92.1 cm³/mol. The fourth-order valence-corrected chi connectivity index (χ4v) is 2.68. The van der Waals surface area contributed by atoms with Gasteiger partial charge in [-0.3, -0.25) is 0 Å². The molecule has 0 heterocycles. The van der Waals surface area contributed by atoms with Crippen molar-refractivity contribution in [2.24, 2.45) is 0 Å². The highest BCUT2D eigenvalue weighted by molar-refractivity contribution is 9.10. The Morgan fingerprint density at radius 3 is 2.29 bits per heavy atom. The highest BCUT2D eigenvalue weighted by Crippen LogP contribution is 2.31. The maximum Gasteiger partial charge on any atom is 0.141 e. The van der Waals surface area contributed by atoms with Crippen molar-refractivity contribution in [3.05, 3.63) is 57.6 Å². The van der Waals surface area contributed by atoms with Gasteiger partial charge >= 0.3 is 0 Å². The number of ether oxygens (including phenoxy) is 1. The van der Waals surface area contributed by atoms with Gasteiger partial charge in [0.1, 0.15) is 11.5 Å². The van der Waals surface area contributed by atoms with Gasteiger partial charge in [-0.15, -0.1) is 0 Å². The smallest absolute Gasteiger partial charge is 0.141 e. The van der Waals surface area contributed by atoms with E-state index in [4.69, 9.17) is 4.74 Å².